The molecule has 7 heteroatoms. The lowest BCUT2D eigenvalue weighted by atomic mass is 10.2. The van der Waals surface area contributed by atoms with E-state index in [-0.39, 0.29) is 17.6 Å². The minimum Gasteiger partial charge on any atom is -0.351 e. The van der Waals surface area contributed by atoms with Crippen LogP contribution in [0.5, 0.6) is 0 Å². The van der Waals surface area contributed by atoms with Gasteiger partial charge in [-0.2, -0.15) is 0 Å². The summed E-state index contributed by atoms with van der Waals surface area (Å²) in [5.41, 5.74) is 2.24. The second-order valence-corrected chi connectivity index (χ2v) is 7.45. The molecule has 0 unspecified atom stereocenters. The van der Waals surface area contributed by atoms with E-state index in [2.05, 4.69) is 10.3 Å². The minimum absolute atomic E-state index is 0.102. The number of rotatable bonds is 6. The Hall–Kier alpha value is -2.57. The highest BCUT2D eigenvalue weighted by atomic mass is 35.5. The van der Waals surface area contributed by atoms with Crippen LogP contribution in [0.3, 0.4) is 0 Å². The number of nitrogens with one attached hydrogen (secondary N) is 1. The third-order valence-corrected chi connectivity index (χ3v) is 5.29. The SMILES string of the molecule is CCN1C(=O)/C(=C/c2ccc(Cl)cc2)N=C1SCC(=O)NCc1ccccc1. The molecule has 0 aromatic heterocycles. The van der Waals surface area contributed by atoms with Crippen LogP contribution in [0, 0.1) is 0 Å². The van der Waals surface area contributed by atoms with Crippen LogP contribution in [-0.2, 0) is 16.1 Å². The maximum absolute atomic E-state index is 12.6. The summed E-state index contributed by atoms with van der Waals surface area (Å²) in [6, 6.07) is 16.9. The Morgan fingerprint density at radius 2 is 1.89 bits per heavy atom. The summed E-state index contributed by atoms with van der Waals surface area (Å²) in [6.07, 6.45) is 1.73. The summed E-state index contributed by atoms with van der Waals surface area (Å²) >= 11 is 7.16. The van der Waals surface area contributed by atoms with Gasteiger partial charge in [-0.3, -0.25) is 14.5 Å². The van der Waals surface area contributed by atoms with Crippen molar-refractivity contribution in [3.63, 3.8) is 0 Å². The van der Waals surface area contributed by atoms with Gasteiger partial charge in [-0.15, -0.1) is 0 Å². The quantitative estimate of drug-likeness (QED) is 0.729. The van der Waals surface area contributed by atoms with E-state index in [0.717, 1.165) is 11.1 Å². The standard InChI is InChI=1S/C21H20ClN3O2S/c1-2-25-20(27)18(12-15-8-10-17(22)11-9-15)24-21(25)28-14-19(26)23-13-16-6-4-3-5-7-16/h3-12H,2,13-14H2,1H3,(H,23,26)/b18-12-. The van der Waals surface area contributed by atoms with E-state index >= 15 is 0 Å². The molecule has 3 rings (SSSR count). The molecule has 1 aliphatic rings. The monoisotopic (exact) mass is 413 g/mol. The molecule has 1 N–H and O–H groups in total. The molecular weight excluding hydrogens is 394 g/mol. The van der Waals surface area contributed by atoms with Crippen LogP contribution in [0.15, 0.2) is 65.3 Å². The van der Waals surface area contributed by atoms with Crippen LogP contribution in [0.1, 0.15) is 18.1 Å². The lowest BCUT2D eigenvalue weighted by molar-refractivity contribution is -0.122. The van der Waals surface area contributed by atoms with Gasteiger partial charge >= 0.3 is 0 Å². The van der Waals surface area contributed by atoms with Crippen molar-refractivity contribution in [3.8, 4) is 0 Å². The highest BCUT2D eigenvalue weighted by molar-refractivity contribution is 8.14. The zero-order valence-corrected chi connectivity index (χ0v) is 17.0. The van der Waals surface area contributed by atoms with Crippen LogP contribution in [0.25, 0.3) is 6.08 Å². The van der Waals surface area contributed by atoms with Gasteiger partial charge in [0.1, 0.15) is 5.70 Å². The zero-order chi connectivity index (χ0) is 19.9. The smallest absolute Gasteiger partial charge is 0.278 e. The van der Waals surface area contributed by atoms with E-state index in [4.69, 9.17) is 11.6 Å². The van der Waals surface area contributed by atoms with Crippen LogP contribution in [-0.4, -0.2) is 34.2 Å². The Morgan fingerprint density at radius 3 is 2.57 bits per heavy atom. The third-order valence-electron chi connectivity index (χ3n) is 4.07. The van der Waals surface area contributed by atoms with Gasteiger partial charge in [-0.1, -0.05) is 65.8 Å². The number of carbonyl (C=O) groups is 2. The largest absolute Gasteiger partial charge is 0.351 e. The Balaban J connectivity index is 1.62. The highest BCUT2D eigenvalue weighted by Crippen LogP contribution is 2.24. The molecule has 0 bridgehead atoms. The molecule has 0 saturated carbocycles. The van der Waals surface area contributed by atoms with Crippen molar-refractivity contribution in [2.75, 3.05) is 12.3 Å². The zero-order valence-electron chi connectivity index (χ0n) is 15.4. The molecular formula is C21H20ClN3O2S. The van der Waals surface area contributed by atoms with Crippen molar-refractivity contribution < 1.29 is 9.59 Å². The molecule has 5 nitrogen and oxygen atoms in total. The van der Waals surface area contributed by atoms with Crippen molar-refractivity contribution in [2.24, 2.45) is 4.99 Å². The van der Waals surface area contributed by atoms with Gasteiger partial charge in [0, 0.05) is 18.1 Å². The summed E-state index contributed by atoms with van der Waals surface area (Å²) in [7, 11) is 0. The van der Waals surface area contributed by atoms with Gasteiger partial charge in [0.05, 0.1) is 5.75 Å². The van der Waals surface area contributed by atoms with Gasteiger partial charge in [-0.05, 0) is 36.3 Å². The Morgan fingerprint density at radius 1 is 1.18 bits per heavy atom. The second-order valence-electron chi connectivity index (χ2n) is 6.08. The second kappa shape index (κ2) is 9.57. The van der Waals surface area contributed by atoms with Crippen molar-refractivity contribution >= 4 is 46.4 Å². The summed E-state index contributed by atoms with van der Waals surface area (Å²) in [5.74, 6) is -0.0660. The summed E-state index contributed by atoms with van der Waals surface area (Å²) in [5, 5.41) is 4.06. The lowest BCUT2D eigenvalue weighted by Gasteiger charge is -2.14. The third kappa shape index (κ3) is 5.24. The highest BCUT2D eigenvalue weighted by Gasteiger charge is 2.29. The van der Waals surface area contributed by atoms with Gasteiger partial charge in [0.2, 0.25) is 5.91 Å². The predicted octanol–water partition coefficient (Wildman–Crippen LogP) is 3.95. The Labute approximate surface area is 173 Å². The fraction of sp³-hybridized carbons (Fsp3) is 0.190. The minimum atomic E-state index is -0.162. The maximum Gasteiger partial charge on any atom is 0.278 e. The predicted molar refractivity (Wildman–Crippen MR) is 115 cm³/mol. The first-order chi connectivity index (χ1) is 13.6. The van der Waals surface area contributed by atoms with Gasteiger partial charge in [0.25, 0.3) is 5.91 Å². The molecule has 0 saturated heterocycles. The maximum atomic E-state index is 12.6. The molecule has 0 fully saturated rings. The van der Waals surface area contributed by atoms with E-state index in [1.807, 2.05) is 49.4 Å². The first-order valence-corrected chi connectivity index (χ1v) is 10.2. The number of hydrogen-bond donors (Lipinski definition) is 1. The first-order valence-electron chi connectivity index (χ1n) is 8.88. The summed E-state index contributed by atoms with van der Waals surface area (Å²) < 4.78 is 0. The molecule has 144 valence electrons. The van der Waals surface area contributed by atoms with Crippen molar-refractivity contribution in [1.82, 2.24) is 10.2 Å². The number of amidine groups is 1. The molecule has 1 aliphatic heterocycles. The number of amides is 2. The number of likely N-dealkylation sites (N-methyl/N-ethyl adjacent to an activating group) is 1. The molecule has 2 amide bonds. The van der Waals surface area contributed by atoms with E-state index in [0.29, 0.717) is 29.0 Å². The molecule has 0 aliphatic carbocycles. The molecule has 2 aromatic rings. The molecule has 28 heavy (non-hydrogen) atoms. The van der Waals surface area contributed by atoms with Crippen molar-refractivity contribution in [2.45, 2.75) is 13.5 Å². The van der Waals surface area contributed by atoms with E-state index in [1.165, 1.54) is 11.8 Å². The van der Waals surface area contributed by atoms with Crippen molar-refractivity contribution in [1.29, 1.82) is 0 Å². The van der Waals surface area contributed by atoms with Gasteiger partial charge < -0.3 is 5.32 Å². The summed E-state index contributed by atoms with van der Waals surface area (Å²) in [6.45, 7) is 2.85. The Kier molecular flexibility index (Phi) is 6.90. The number of halogens is 1. The number of hydrogen-bond acceptors (Lipinski definition) is 4. The topological polar surface area (TPSA) is 61.8 Å². The number of aliphatic imine (C=N–C) groups is 1. The normalized spacial score (nSPS) is 15.1. The Bertz CT molecular complexity index is 911. The molecule has 0 radical (unpaired) electrons. The number of benzene rings is 2. The summed E-state index contributed by atoms with van der Waals surface area (Å²) in [4.78, 5) is 30.7. The molecule has 1 heterocycles. The van der Waals surface area contributed by atoms with Crippen LogP contribution >= 0.6 is 23.4 Å². The molecule has 2 aromatic carbocycles. The van der Waals surface area contributed by atoms with E-state index < -0.39 is 0 Å². The average Bonchev–Trinajstić information content (AvgIpc) is 3.01. The molecule has 0 spiro atoms. The lowest BCUT2D eigenvalue weighted by Crippen LogP contribution is -2.32. The average molecular weight is 414 g/mol. The van der Waals surface area contributed by atoms with Crippen LogP contribution in [0.2, 0.25) is 5.02 Å². The van der Waals surface area contributed by atoms with Gasteiger partial charge in [0.15, 0.2) is 5.17 Å². The van der Waals surface area contributed by atoms with E-state index in [9.17, 15) is 9.59 Å². The first kappa shape index (κ1) is 20.2. The fourth-order valence-corrected chi connectivity index (χ4v) is 3.63. The number of carbonyl (C=O) groups excluding carboxylic acids is 2. The van der Waals surface area contributed by atoms with Crippen LogP contribution < -0.4 is 5.32 Å². The van der Waals surface area contributed by atoms with Crippen LogP contribution in [0.4, 0.5) is 0 Å². The van der Waals surface area contributed by atoms with E-state index in [1.54, 1.807) is 23.1 Å². The number of nitrogens with zero attached hydrogens (tertiary/aromatic N) is 2. The van der Waals surface area contributed by atoms with Gasteiger partial charge in [-0.25, -0.2) is 4.99 Å². The molecule has 0 atom stereocenters. The number of thioether (sulfide) groups is 1. The fourth-order valence-electron chi connectivity index (χ4n) is 2.61. The van der Waals surface area contributed by atoms with Crippen molar-refractivity contribution in [3.05, 3.63) is 76.4 Å².